The Balaban J connectivity index is 2.80. The van der Waals surface area contributed by atoms with Crippen LogP contribution in [0.15, 0.2) is 0 Å². The second kappa shape index (κ2) is 1.88. The van der Waals surface area contributed by atoms with Gasteiger partial charge in [0.1, 0.15) is 0 Å². The summed E-state index contributed by atoms with van der Waals surface area (Å²) in [6, 6.07) is 0. The molecule has 0 heterocycles. The van der Waals surface area contributed by atoms with Crippen molar-refractivity contribution in [3.05, 3.63) is 0 Å². The molecule has 0 aromatic rings. The summed E-state index contributed by atoms with van der Waals surface area (Å²) in [4.78, 5) is 0. The van der Waals surface area contributed by atoms with E-state index in [1.807, 2.05) is 0 Å². The van der Waals surface area contributed by atoms with E-state index < -0.39 is 22.6 Å². The fourth-order valence-electron chi connectivity index (χ4n) is 0. The molecule has 0 aliphatic carbocycles. The van der Waals surface area contributed by atoms with Crippen molar-refractivity contribution in [2.75, 3.05) is 0 Å². The molecular weight excluding hydrogens is 139 g/mol. The van der Waals surface area contributed by atoms with Crippen LogP contribution in [0.2, 0.25) is 0 Å². The third-order valence-electron chi connectivity index (χ3n) is 0. The zero-order valence-electron chi connectivity index (χ0n) is 1.72. The van der Waals surface area contributed by atoms with Crippen molar-refractivity contribution < 1.29 is 31.8 Å². The van der Waals surface area contributed by atoms with Gasteiger partial charge in [-0.1, -0.05) is 0 Å². The van der Waals surface area contributed by atoms with Crippen LogP contribution in [0.25, 0.3) is 0 Å². The van der Waals surface area contributed by atoms with Crippen molar-refractivity contribution in [1.29, 1.82) is 0 Å². The van der Waals surface area contributed by atoms with Gasteiger partial charge in [-0.2, -0.15) is 0 Å². The molecule has 0 fully saturated rings. The summed E-state index contributed by atoms with van der Waals surface area (Å²) in [6.07, 6.45) is 0. The maximum absolute atomic E-state index is 8.61. The van der Waals surface area contributed by atoms with E-state index in [1.165, 1.54) is 0 Å². The van der Waals surface area contributed by atoms with Gasteiger partial charge in [0.05, 0.1) is 0 Å². The number of hydrogen-bond acceptors (Lipinski definition) is 3. The van der Waals surface area contributed by atoms with Crippen LogP contribution in [0.5, 0.6) is 0 Å². The Labute approximate surface area is 32.2 Å². The molecule has 4 heteroatoms. The van der Waals surface area contributed by atoms with Crippen molar-refractivity contribution in [2.24, 2.45) is 0 Å². The number of hydrogen-bond donors (Lipinski definition) is 0. The van der Waals surface area contributed by atoms with Crippen LogP contribution in [0.1, 0.15) is 0 Å². The van der Waals surface area contributed by atoms with E-state index in [0.29, 0.717) is 0 Å². The van der Waals surface area contributed by atoms with Crippen molar-refractivity contribution in [3.8, 4) is 0 Å². The van der Waals surface area contributed by atoms with E-state index in [2.05, 4.69) is 0 Å². The molecular formula is O3Zr-2. The van der Waals surface area contributed by atoms with Crippen molar-refractivity contribution >= 4 is 0 Å². The Morgan fingerprint density at radius 2 is 1.50 bits per heavy atom. The van der Waals surface area contributed by atoms with Crippen LogP contribution in [0.3, 0.4) is 0 Å². The molecule has 0 saturated carbocycles. The first-order valence-corrected chi connectivity index (χ1v) is 3.62. The molecule has 0 N–H and O–H groups in total. The molecule has 0 spiro atoms. The second-order valence-corrected chi connectivity index (χ2v) is 1.48. The summed E-state index contributed by atoms with van der Waals surface area (Å²) in [6.45, 7) is 0. The number of rotatable bonds is 0. The zero-order chi connectivity index (χ0) is 3.58. The third-order valence-corrected chi connectivity index (χ3v) is 0. The quantitative estimate of drug-likeness (QED) is 0.373. The second-order valence-electron chi connectivity index (χ2n) is 0.250. The molecule has 0 amide bonds. The minimum absolute atomic E-state index is 4.29. The molecule has 0 radical (unpaired) electrons. The predicted molar refractivity (Wildman–Crippen MR) is 0.686 cm³/mol. The van der Waals surface area contributed by atoms with Gasteiger partial charge in [-0.25, -0.2) is 0 Å². The Hall–Kier alpha value is 0.603. The summed E-state index contributed by atoms with van der Waals surface area (Å²) in [7, 11) is 0. The van der Waals surface area contributed by atoms with Gasteiger partial charge in [0.2, 0.25) is 0 Å². The van der Waals surface area contributed by atoms with Gasteiger partial charge in [0, 0.05) is 0 Å². The summed E-state index contributed by atoms with van der Waals surface area (Å²) in [5, 5.41) is 0. The Morgan fingerprint density at radius 1 is 1.50 bits per heavy atom. The Morgan fingerprint density at radius 3 is 1.50 bits per heavy atom. The van der Waals surface area contributed by atoms with E-state index in [-0.39, 0.29) is 0 Å². The first-order chi connectivity index (χ1) is 1.73. The van der Waals surface area contributed by atoms with E-state index in [9.17, 15) is 0 Å². The van der Waals surface area contributed by atoms with Gasteiger partial charge in [-0.3, -0.25) is 0 Å². The zero-order valence-corrected chi connectivity index (χ0v) is 4.18. The molecule has 24 valence electrons. The molecule has 0 aromatic heterocycles. The molecule has 0 bridgehead atoms. The molecule has 0 rings (SSSR count). The molecule has 3 nitrogen and oxygen atoms in total. The van der Waals surface area contributed by atoms with E-state index in [1.54, 1.807) is 0 Å². The molecule has 0 saturated heterocycles. The fourth-order valence-corrected chi connectivity index (χ4v) is 0. The molecule has 4 heavy (non-hydrogen) atoms. The van der Waals surface area contributed by atoms with E-state index in [0.717, 1.165) is 0 Å². The van der Waals surface area contributed by atoms with Crippen LogP contribution in [0, 0.1) is 0 Å². The first kappa shape index (κ1) is 4.60. The standard InChI is InChI=1S/3O.Zr/q;2*-1;. The molecule has 0 atom stereocenters. The molecule has 0 unspecified atom stereocenters. The average Bonchev–Trinajstić information content (AvgIpc) is 0.811. The van der Waals surface area contributed by atoms with Crippen LogP contribution < -0.4 is 6.37 Å². The Bertz CT molecular complexity index is 26.3. The average molecular weight is 139 g/mol. The Kier molecular flexibility index (Phi) is 2.16. The van der Waals surface area contributed by atoms with Gasteiger partial charge < -0.3 is 0 Å². The topological polar surface area (TPSA) is 63.2 Å². The van der Waals surface area contributed by atoms with Gasteiger partial charge in [-0.15, -0.1) is 0 Å². The monoisotopic (exact) mass is 138 g/mol. The third kappa shape index (κ3) is 18.4. The maximum atomic E-state index is 8.61. The van der Waals surface area contributed by atoms with Crippen molar-refractivity contribution in [1.82, 2.24) is 0 Å². The molecule has 0 aliphatic heterocycles. The molecule has 0 aliphatic rings. The van der Waals surface area contributed by atoms with Crippen LogP contribution in [0.4, 0.5) is 0 Å². The van der Waals surface area contributed by atoms with Crippen LogP contribution in [-0.2, 0) is 25.4 Å². The van der Waals surface area contributed by atoms with Crippen LogP contribution in [-0.4, -0.2) is 0 Å². The molecule has 0 aromatic carbocycles. The summed E-state index contributed by atoms with van der Waals surface area (Å²) in [5.41, 5.74) is 0. The van der Waals surface area contributed by atoms with Gasteiger partial charge in [0.25, 0.3) is 0 Å². The van der Waals surface area contributed by atoms with Gasteiger partial charge in [-0.05, 0) is 0 Å². The van der Waals surface area contributed by atoms with Crippen molar-refractivity contribution in [2.45, 2.75) is 0 Å². The minimum atomic E-state index is -4.29. The van der Waals surface area contributed by atoms with E-state index in [4.69, 9.17) is 9.18 Å². The first-order valence-electron chi connectivity index (χ1n) is 0.612. The summed E-state index contributed by atoms with van der Waals surface area (Å²) >= 11 is -4.29. The van der Waals surface area contributed by atoms with E-state index >= 15 is 0 Å². The fraction of sp³-hybridized carbons (Fsp3) is 0. The summed E-state index contributed by atoms with van der Waals surface area (Å²) in [5.74, 6) is 0. The SMILES string of the molecule is [O]=[Zr]([O-])[O-]. The summed E-state index contributed by atoms with van der Waals surface area (Å²) < 4.78 is 25.8. The van der Waals surface area contributed by atoms with Crippen molar-refractivity contribution in [3.63, 3.8) is 0 Å². The normalized spacial score (nSPS) is 6.50. The van der Waals surface area contributed by atoms with Gasteiger partial charge >= 0.3 is 31.8 Å². The van der Waals surface area contributed by atoms with Gasteiger partial charge in [0.15, 0.2) is 0 Å². The predicted octanol–water partition coefficient (Wildman–Crippen LogP) is -2.50. The van der Waals surface area contributed by atoms with Crippen LogP contribution >= 0.6 is 0 Å².